The number of halogens is 1. The molecule has 2 aromatic rings. The van der Waals surface area contributed by atoms with E-state index in [9.17, 15) is 9.18 Å². The number of carbonyl (C=O) groups is 1. The third-order valence-electron chi connectivity index (χ3n) is 3.90. The summed E-state index contributed by atoms with van der Waals surface area (Å²) in [6.45, 7) is 5.02. The predicted molar refractivity (Wildman–Crippen MR) is 90.7 cm³/mol. The second-order valence-electron chi connectivity index (χ2n) is 6.01. The first kappa shape index (κ1) is 16.2. The van der Waals surface area contributed by atoms with Gasteiger partial charge in [-0.05, 0) is 50.1 Å². The van der Waals surface area contributed by atoms with Gasteiger partial charge in [-0.15, -0.1) is 0 Å². The number of pyridine rings is 2. The van der Waals surface area contributed by atoms with Crippen LogP contribution in [-0.2, 0) is 0 Å². The number of carbonyl (C=O) groups excluding carboxylic acids is 1. The summed E-state index contributed by atoms with van der Waals surface area (Å²) in [5, 5.41) is 5.65. The number of hydrogen-bond donors (Lipinski definition) is 2. The second kappa shape index (κ2) is 6.82. The van der Waals surface area contributed by atoms with Gasteiger partial charge < -0.3 is 10.2 Å². The average molecular weight is 329 g/mol. The molecule has 0 bridgehead atoms. The van der Waals surface area contributed by atoms with E-state index in [1.807, 2.05) is 30.9 Å². The van der Waals surface area contributed by atoms with E-state index in [1.165, 1.54) is 6.07 Å². The predicted octanol–water partition coefficient (Wildman–Crippen LogP) is 2.63. The number of nitrogens with one attached hydrogen (secondary N) is 2. The van der Waals surface area contributed by atoms with Gasteiger partial charge in [-0.3, -0.25) is 5.32 Å². The molecule has 24 heavy (non-hydrogen) atoms. The van der Waals surface area contributed by atoms with Gasteiger partial charge in [0.05, 0.1) is 0 Å². The fraction of sp³-hybridized carbons (Fsp3) is 0.353. The number of amides is 2. The van der Waals surface area contributed by atoms with Crippen molar-refractivity contribution in [3.05, 3.63) is 47.5 Å². The van der Waals surface area contributed by atoms with Crippen LogP contribution in [0, 0.1) is 19.7 Å². The zero-order valence-electron chi connectivity index (χ0n) is 13.7. The highest BCUT2D eigenvalue weighted by Crippen LogP contribution is 2.20. The maximum atomic E-state index is 13.8. The number of aromatic nitrogens is 2. The molecule has 0 radical (unpaired) electrons. The van der Waals surface area contributed by atoms with E-state index in [1.54, 1.807) is 12.3 Å². The van der Waals surface area contributed by atoms with Crippen molar-refractivity contribution >= 4 is 17.7 Å². The minimum absolute atomic E-state index is 0.0580. The summed E-state index contributed by atoms with van der Waals surface area (Å²) in [7, 11) is 0. The van der Waals surface area contributed by atoms with E-state index in [0.717, 1.165) is 17.7 Å². The number of nitrogens with zero attached hydrogens (tertiary/aromatic N) is 3. The van der Waals surface area contributed by atoms with Crippen molar-refractivity contribution < 1.29 is 9.18 Å². The van der Waals surface area contributed by atoms with Crippen molar-refractivity contribution in [1.29, 1.82) is 0 Å². The van der Waals surface area contributed by atoms with E-state index in [0.29, 0.717) is 24.7 Å². The van der Waals surface area contributed by atoms with E-state index in [2.05, 4.69) is 20.6 Å². The second-order valence-corrected chi connectivity index (χ2v) is 6.01. The molecule has 0 aromatic carbocycles. The van der Waals surface area contributed by atoms with Gasteiger partial charge in [0.1, 0.15) is 5.82 Å². The van der Waals surface area contributed by atoms with Crippen molar-refractivity contribution in [2.45, 2.75) is 26.3 Å². The maximum absolute atomic E-state index is 13.8. The zero-order valence-corrected chi connectivity index (χ0v) is 13.7. The lowest BCUT2D eigenvalue weighted by molar-refractivity contribution is 0.249. The molecule has 1 aliphatic rings. The minimum Gasteiger partial charge on any atom is -0.352 e. The summed E-state index contributed by atoms with van der Waals surface area (Å²) in [6, 6.07) is 6.35. The van der Waals surface area contributed by atoms with E-state index >= 15 is 0 Å². The van der Waals surface area contributed by atoms with Gasteiger partial charge in [0, 0.05) is 31.0 Å². The normalized spacial score (nSPS) is 17.0. The summed E-state index contributed by atoms with van der Waals surface area (Å²) >= 11 is 0. The fourth-order valence-corrected chi connectivity index (χ4v) is 2.92. The third-order valence-corrected chi connectivity index (χ3v) is 3.90. The quantitative estimate of drug-likeness (QED) is 0.908. The topological polar surface area (TPSA) is 70.2 Å². The van der Waals surface area contributed by atoms with Crippen molar-refractivity contribution in [2.24, 2.45) is 0 Å². The largest absolute Gasteiger partial charge is 0.352 e. The maximum Gasteiger partial charge on any atom is 0.320 e. The Hall–Kier alpha value is -2.70. The van der Waals surface area contributed by atoms with Crippen LogP contribution in [0.15, 0.2) is 30.5 Å². The van der Waals surface area contributed by atoms with Gasteiger partial charge in [0.25, 0.3) is 0 Å². The highest BCUT2D eigenvalue weighted by molar-refractivity contribution is 5.88. The molecule has 7 heteroatoms. The highest BCUT2D eigenvalue weighted by Gasteiger charge is 2.26. The van der Waals surface area contributed by atoms with Gasteiger partial charge in [-0.25, -0.2) is 19.2 Å². The van der Waals surface area contributed by atoms with Gasteiger partial charge >= 0.3 is 6.03 Å². The van der Waals surface area contributed by atoms with Gasteiger partial charge in [0.15, 0.2) is 11.6 Å². The summed E-state index contributed by atoms with van der Waals surface area (Å²) in [5.74, 6) is 0.510. The van der Waals surface area contributed by atoms with Crippen molar-refractivity contribution in [3.8, 4) is 0 Å². The molecular weight excluding hydrogens is 309 g/mol. The van der Waals surface area contributed by atoms with E-state index in [-0.39, 0.29) is 17.9 Å². The molecule has 1 aliphatic heterocycles. The van der Waals surface area contributed by atoms with Crippen LogP contribution in [0.25, 0.3) is 0 Å². The lowest BCUT2D eigenvalue weighted by Crippen LogP contribution is -2.40. The lowest BCUT2D eigenvalue weighted by Gasteiger charge is -2.18. The van der Waals surface area contributed by atoms with Crippen LogP contribution in [0.5, 0.6) is 0 Å². The van der Waals surface area contributed by atoms with Gasteiger partial charge in [-0.1, -0.05) is 0 Å². The molecule has 2 amide bonds. The third kappa shape index (κ3) is 3.79. The molecule has 0 saturated carbocycles. The monoisotopic (exact) mass is 329 g/mol. The Labute approximate surface area is 140 Å². The standard InChI is InChI=1S/C17H20FN5O/c1-11-8-12(2)20-15(9-11)22-17(24)21-13-5-7-23(10-13)16-14(18)4-3-6-19-16/h3-4,6,8-9,13H,5,7,10H2,1-2H3,(H2,20,21,22,24)/t13-/m1/s1. The first-order chi connectivity index (χ1) is 11.5. The number of anilines is 2. The Morgan fingerprint density at radius 1 is 1.38 bits per heavy atom. The highest BCUT2D eigenvalue weighted by atomic mass is 19.1. The molecule has 1 fully saturated rings. The Balaban J connectivity index is 1.57. The van der Waals surface area contributed by atoms with Crippen molar-refractivity contribution in [1.82, 2.24) is 15.3 Å². The molecule has 3 rings (SSSR count). The summed E-state index contributed by atoms with van der Waals surface area (Å²) < 4.78 is 13.8. The molecule has 0 aliphatic carbocycles. The Kier molecular flexibility index (Phi) is 4.59. The smallest absolute Gasteiger partial charge is 0.320 e. The minimum atomic E-state index is -0.345. The van der Waals surface area contributed by atoms with Crippen molar-refractivity contribution in [3.63, 3.8) is 0 Å². The molecule has 1 atom stereocenters. The van der Waals surface area contributed by atoms with E-state index < -0.39 is 0 Å². The zero-order chi connectivity index (χ0) is 17.1. The summed E-state index contributed by atoms with van der Waals surface area (Å²) in [5.41, 5.74) is 1.89. The van der Waals surface area contributed by atoms with Crippen LogP contribution in [-0.4, -0.2) is 35.1 Å². The van der Waals surface area contributed by atoms with Crippen LogP contribution in [0.2, 0.25) is 0 Å². The van der Waals surface area contributed by atoms with Crippen LogP contribution in [0.1, 0.15) is 17.7 Å². The van der Waals surface area contributed by atoms with Crippen LogP contribution >= 0.6 is 0 Å². The Morgan fingerprint density at radius 3 is 2.96 bits per heavy atom. The molecule has 1 saturated heterocycles. The Morgan fingerprint density at radius 2 is 2.21 bits per heavy atom. The average Bonchev–Trinajstić information content (AvgIpc) is 2.94. The van der Waals surface area contributed by atoms with Crippen molar-refractivity contribution in [2.75, 3.05) is 23.3 Å². The molecule has 0 spiro atoms. The van der Waals surface area contributed by atoms with Crippen LogP contribution < -0.4 is 15.5 Å². The first-order valence-electron chi connectivity index (χ1n) is 7.89. The molecule has 2 aromatic heterocycles. The number of urea groups is 1. The van der Waals surface area contributed by atoms with Gasteiger partial charge in [0.2, 0.25) is 0 Å². The molecule has 126 valence electrons. The van der Waals surface area contributed by atoms with Gasteiger partial charge in [-0.2, -0.15) is 0 Å². The molecule has 0 unspecified atom stereocenters. The molecule has 6 nitrogen and oxygen atoms in total. The van der Waals surface area contributed by atoms with Crippen LogP contribution in [0.3, 0.4) is 0 Å². The Bertz CT molecular complexity index is 731. The summed E-state index contributed by atoms with van der Waals surface area (Å²) in [4.78, 5) is 22.3. The number of hydrogen-bond acceptors (Lipinski definition) is 4. The lowest BCUT2D eigenvalue weighted by atomic mass is 10.2. The fourth-order valence-electron chi connectivity index (χ4n) is 2.92. The van der Waals surface area contributed by atoms with E-state index in [4.69, 9.17) is 0 Å². The molecule has 3 heterocycles. The first-order valence-corrected chi connectivity index (χ1v) is 7.89. The SMILES string of the molecule is Cc1cc(C)nc(NC(=O)N[C@@H]2CCN(c3ncccc3F)C2)c1. The number of rotatable bonds is 3. The molecule has 2 N–H and O–H groups in total. The summed E-state index contributed by atoms with van der Waals surface area (Å²) in [6.07, 6.45) is 2.31. The molecular formula is C17H20FN5O. The number of aryl methyl sites for hydroxylation is 2. The van der Waals surface area contributed by atoms with Crippen LogP contribution in [0.4, 0.5) is 20.8 Å².